The number of methoxy groups -OCH3 is 1. The van der Waals surface area contributed by atoms with Crippen LogP contribution in [0.5, 0.6) is 5.75 Å². The molecule has 1 fully saturated rings. The van der Waals surface area contributed by atoms with Gasteiger partial charge in [0, 0.05) is 17.0 Å². The summed E-state index contributed by atoms with van der Waals surface area (Å²) in [5.74, 6) is 0.251. The topological polar surface area (TPSA) is 126 Å². The lowest BCUT2D eigenvalue weighted by Gasteiger charge is -2.26. The van der Waals surface area contributed by atoms with Gasteiger partial charge >= 0.3 is 0 Å². The summed E-state index contributed by atoms with van der Waals surface area (Å²) in [5, 5.41) is 24.9. The van der Waals surface area contributed by atoms with Crippen LogP contribution in [0.25, 0.3) is 16.2 Å². The molecule has 2 aromatic heterocycles. The fourth-order valence-electron chi connectivity index (χ4n) is 4.03. The van der Waals surface area contributed by atoms with E-state index in [2.05, 4.69) is 14.8 Å². The van der Waals surface area contributed by atoms with Crippen molar-refractivity contribution >= 4 is 26.3 Å². The van der Waals surface area contributed by atoms with Crippen molar-refractivity contribution in [1.29, 1.82) is 0 Å². The summed E-state index contributed by atoms with van der Waals surface area (Å²) in [6.45, 7) is 5.63. The molecule has 1 aliphatic carbocycles. The van der Waals surface area contributed by atoms with E-state index in [1.165, 1.54) is 18.4 Å². The van der Waals surface area contributed by atoms with Gasteiger partial charge in [-0.05, 0) is 50.8 Å². The summed E-state index contributed by atoms with van der Waals surface area (Å²) in [6.07, 6.45) is 1.97. The third kappa shape index (κ3) is 4.65. The Balaban J connectivity index is 1.75. The second kappa shape index (κ2) is 8.95. The fourth-order valence-corrected chi connectivity index (χ4v) is 6.57. The molecular weight excluding hydrogens is 464 g/mol. The van der Waals surface area contributed by atoms with E-state index in [-0.39, 0.29) is 29.4 Å². The largest absolute Gasteiger partial charge is 0.495 e. The van der Waals surface area contributed by atoms with E-state index in [1.807, 2.05) is 20.8 Å². The van der Waals surface area contributed by atoms with Crippen LogP contribution in [-0.2, 0) is 15.4 Å². The number of ether oxygens (including phenoxy) is 1. The maximum atomic E-state index is 13.3. The molecule has 0 saturated heterocycles. The Bertz CT molecular complexity index is 1260. The summed E-state index contributed by atoms with van der Waals surface area (Å²) in [4.78, 5) is 5.34. The molecule has 33 heavy (non-hydrogen) atoms. The number of sulfonamides is 1. The lowest BCUT2D eigenvalue weighted by Crippen LogP contribution is -2.38. The zero-order valence-corrected chi connectivity index (χ0v) is 20.8. The molecule has 1 aromatic carbocycles. The maximum absolute atomic E-state index is 13.3. The van der Waals surface area contributed by atoms with Gasteiger partial charge in [0.25, 0.3) is 0 Å². The number of fused-ring (bicyclic) bond motifs is 1. The number of benzene rings is 1. The molecule has 1 saturated carbocycles. The van der Waals surface area contributed by atoms with Crippen LogP contribution in [-0.4, -0.2) is 59.1 Å². The van der Waals surface area contributed by atoms with Gasteiger partial charge in [-0.15, -0.1) is 0 Å². The average Bonchev–Trinajstić information content (AvgIpc) is 3.32. The van der Waals surface area contributed by atoms with Crippen LogP contribution in [0.3, 0.4) is 0 Å². The zero-order chi connectivity index (χ0) is 24.0. The molecule has 1 aliphatic rings. The average molecular weight is 495 g/mol. The second-order valence-electron chi connectivity index (χ2n) is 9.18. The predicted molar refractivity (Wildman–Crippen MR) is 126 cm³/mol. The number of aliphatic hydroxyl groups is 2. The second-order valence-corrected chi connectivity index (χ2v) is 11.8. The molecule has 0 amide bonds. The molecule has 180 valence electrons. The third-order valence-electron chi connectivity index (χ3n) is 6.10. The minimum Gasteiger partial charge on any atom is -0.495 e. The molecule has 0 spiro atoms. The van der Waals surface area contributed by atoms with Crippen LogP contribution >= 0.6 is 11.3 Å². The van der Waals surface area contributed by atoms with E-state index in [9.17, 15) is 18.6 Å². The lowest BCUT2D eigenvalue weighted by atomic mass is 9.94. The molecule has 0 radical (unpaired) electrons. The van der Waals surface area contributed by atoms with Crippen molar-refractivity contribution in [2.24, 2.45) is 0 Å². The van der Waals surface area contributed by atoms with E-state index in [0.717, 1.165) is 10.7 Å². The molecule has 0 atom stereocenters. The number of aryl methyl sites for hydroxylation is 1. The smallest absolute Gasteiger partial charge is 0.244 e. The van der Waals surface area contributed by atoms with Crippen LogP contribution in [0.2, 0.25) is 0 Å². The Morgan fingerprint density at radius 2 is 1.97 bits per heavy atom. The van der Waals surface area contributed by atoms with Gasteiger partial charge in [0.05, 0.1) is 31.2 Å². The summed E-state index contributed by atoms with van der Waals surface area (Å²) < 4.78 is 36.4. The maximum Gasteiger partial charge on any atom is 0.244 e. The molecule has 11 heteroatoms. The van der Waals surface area contributed by atoms with Crippen molar-refractivity contribution < 1.29 is 23.4 Å². The number of imidazole rings is 1. The Labute approximate surface area is 197 Å². The van der Waals surface area contributed by atoms with Gasteiger partial charge in [-0.2, -0.15) is 5.10 Å². The molecule has 3 aromatic rings. The first-order valence-electron chi connectivity index (χ1n) is 10.9. The van der Waals surface area contributed by atoms with Gasteiger partial charge < -0.3 is 14.9 Å². The van der Waals surface area contributed by atoms with E-state index in [4.69, 9.17) is 4.74 Å². The predicted octanol–water partition coefficient (Wildman–Crippen LogP) is 2.63. The summed E-state index contributed by atoms with van der Waals surface area (Å²) in [5.41, 5.74) is 1.56. The van der Waals surface area contributed by atoms with E-state index >= 15 is 0 Å². The van der Waals surface area contributed by atoms with Gasteiger partial charge in [0.2, 0.25) is 15.0 Å². The molecular formula is C22H30N4O5S2. The van der Waals surface area contributed by atoms with Gasteiger partial charge in [-0.3, -0.25) is 0 Å². The van der Waals surface area contributed by atoms with Gasteiger partial charge in [0.15, 0.2) is 0 Å². The zero-order valence-electron chi connectivity index (χ0n) is 19.2. The van der Waals surface area contributed by atoms with Gasteiger partial charge in [-0.25, -0.2) is 22.6 Å². The highest BCUT2D eigenvalue weighted by molar-refractivity contribution is 7.89. The van der Waals surface area contributed by atoms with Crippen LogP contribution in [0.15, 0.2) is 23.1 Å². The van der Waals surface area contributed by atoms with Crippen LogP contribution in [0, 0.1) is 6.92 Å². The monoisotopic (exact) mass is 494 g/mol. The van der Waals surface area contributed by atoms with Gasteiger partial charge in [-0.1, -0.05) is 25.2 Å². The fraction of sp³-hybridized carbons (Fsp3) is 0.545. The van der Waals surface area contributed by atoms with Gasteiger partial charge in [0.1, 0.15) is 15.7 Å². The minimum absolute atomic E-state index is 0.0488. The number of nitrogens with one attached hydrogen (secondary N) is 1. The first-order chi connectivity index (χ1) is 15.6. The van der Waals surface area contributed by atoms with Crippen LogP contribution < -0.4 is 9.46 Å². The highest BCUT2D eigenvalue weighted by atomic mass is 32.2. The van der Waals surface area contributed by atoms with Crippen molar-refractivity contribution in [3.05, 3.63) is 28.9 Å². The number of aromatic nitrogens is 3. The van der Waals surface area contributed by atoms with Crippen molar-refractivity contribution in [2.45, 2.75) is 68.9 Å². The third-order valence-corrected chi connectivity index (χ3v) is 8.91. The standard InChI is InChI=1S/C22H30N4O5S2/c1-13-19(26-21(23-13)32-20(24-26)22(2,3)12-27)14-5-10-17(31-4)18(11-14)33(29,30)25-15-6-8-16(28)9-7-15/h5,10-11,15-16,25,27-28H,6-9,12H2,1-4H3. The normalized spacial score (nSPS) is 19.8. The Morgan fingerprint density at radius 1 is 1.27 bits per heavy atom. The highest BCUT2D eigenvalue weighted by Gasteiger charge is 2.29. The molecule has 0 unspecified atom stereocenters. The number of hydrogen-bond acceptors (Lipinski definition) is 8. The first kappa shape index (κ1) is 24.1. The Kier molecular flexibility index (Phi) is 6.53. The molecule has 0 aliphatic heterocycles. The Morgan fingerprint density at radius 3 is 2.61 bits per heavy atom. The SMILES string of the molecule is COc1ccc(-c2c(C)nc3sc(C(C)(C)CO)nn23)cc1S(=O)(=O)NC1CCC(O)CC1. The molecule has 9 nitrogen and oxygen atoms in total. The quantitative estimate of drug-likeness (QED) is 0.461. The number of aliphatic hydroxyl groups excluding tert-OH is 2. The Hall–Kier alpha value is -2.05. The molecule has 0 bridgehead atoms. The minimum atomic E-state index is -3.86. The molecule has 4 rings (SSSR count). The summed E-state index contributed by atoms with van der Waals surface area (Å²) in [6, 6.07) is 4.79. The number of hydrogen-bond donors (Lipinski definition) is 3. The van der Waals surface area contributed by atoms with Crippen molar-refractivity contribution in [3.63, 3.8) is 0 Å². The van der Waals surface area contributed by atoms with Crippen LogP contribution in [0.1, 0.15) is 50.2 Å². The molecule has 3 N–H and O–H groups in total. The van der Waals surface area contributed by atoms with E-state index in [0.29, 0.717) is 41.9 Å². The first-order valence-corrected chi connectivity index (χ1v) is 13.2. The molecule has 2 heterocycles. The van der Waals surface area contributed by atoms with Crippen LogP contribution in [0.4, 0.5) is 0 Å². The van der Waals surface area contributed by atoms with E-state index in [1.54, 1.807) is 22.7 Å². The van der Waals surface area contributed by atoms with Crippen molar-refractivity contribution in [1.82, 2.24) is 19.3 Å². The van der Waals surface area contributed by atoms with Crippen molar-refractivity contribution in [2.75, 3.05) is 13.7 Å². The number of rotatable bonds is 7. The van der Waals surface area contributed by atoms with E-state index < -0.39 is 15.4 Å². The summed E-state index contributed by atoms with van der Waals surface area (Å²) in [7, 11) is -2.42. The highest BCUT2D eigenvalue weighted by Crippen LogP contribution is 2.35. The summed E-state index contributed by atoms with van der Waals surface area (Å²) >= 11 is 1.40. The van der Waals surface area contributed by atoms with Crippen molar-refractivity contribution in [3.8, 4) is 17.0 Å². The number of nitrogens with zero attached hydrogens (tertiary/aromatic N) is 3. The lowest BCUT2D eigenvalue weighted by molar-refractivity contribution is 0.120.